The molecule has 164 valence electrons. The minimum atomic E-state index is -0.894. The van der Waals surface area contributed by atoms with Crippen molar-refractivity contribution in [3.8, 4) is 17.0 Å². The summed E-state index contributed by atoms with van der Waals surface area (Å²) in [6.45, 7) is -1.24. The van der Waals surface area contributed by atoms with Crippen LogP contribution in [0.1, 0.15) is 0 Å². The second-order valence-electron chi connectivity index (χ2n) is 6.07. The van der Waals surface area contributed by atoms with Gasteiger partial charge in [0.05, 0.1) is 15.5 Å². The Labute approximate surface area is 183 Å². The molecule has 1 amide bonds. The molecular formula is C19H14N4O8S. The Kier molecular flexibility index (Phi) is 7.02. The van der Waals surface area contributed by atoms with Crippen molar-refractivity contribution in [2.75, 3.05) is 18.5 Å². The Bertz CT molecular complexity index is 1180. The van der Waals surface area contributed by atoms with E-state index in [1.54, 1.807) is 11.4 Å². The average molecular weight is 458 g/mol. The number of thiazole rings is 1. The van der Waals surface area contributed by atoms with Gasteiger partial charge in [0.2, 0.25) is 0 Å². The Morgan fingerprint density at radius 1 is 1.03 bits per heavy atom. The SMILES string of the molecule is O=C(COC(=O)COc1ccccc1[N+](=O)[O-])Nc1nc(-c2cccc([N+](=O)[O-])c2)cs1. The zero-order valence-electron chi connectivity index (χ0n) is 16.1. The zero-order valence-corrected chi connectivity index (χ0v) is 16.9. The van der Waals surface area contributed by atoms with Crippen molar-refractivity contribution in [2.45, 2.75) is 0 Å². The van der Waals surface area contributed by atoms with Gasteiger partial charge in [0.1, 0.15) is 0 Å². The quantitative estimate of drug-likeness (QED) is 0.288. The van der Waals surface area contributed by atoms with Crippen molar-refractivity contribution in [1.29, 1.82) is 0 Å². The molecule has 3 aromatic rings. The molecule has 1 heterocycles. The predicted octanol–water partition coefficient (Wildman–Crippen LogP) is 3.19. The fourth-order valence-corrected chi connectivity index (χ4v) is 3.19. The van der Waals surface area contributed by atoms with Crippen LogP contribution in [0.4, 0.5) is 16.5 Å². The fourth-order valence-electron chi connectivity index (χ4n) is 2.45. The predicted molar refractivity (Wildman–Crippen MR) is 112 cm³/mol. The van der Waals surface area contributed by atoms with Crippen LogP contribution < -0.4 is 10.1 Å². The first-order valence-electron chi connectivity index (χ1n) is 8.85. The van der Waals surface area contributed by atoms with Gasteiger partial charge in [-0.25, -0.2) is 9.78 Å². The molecule has 0 bridgehead atoms. The van der Waals surface area contributed by atoms with E-state index in [2.05, 4.69) is 10.3 Å². The van der Waals surface area contributed by atoms with Crippen LogP contribution in [0.2, 0.25) is 0 Å². The number of esters is 1. The number of hydrogen-bond donors (Lipinski definition) is 1. The second kappa shape index (κ2) is 10.1. The van der Waals surface area contributed by atoms with E-state index in [0.717, 1.165) is 11.3 Å². The first kappa shape index (κ1) is 22.3. The number of ether oxygens (including phenoxy) is 2. The summed E-state index contributed by atoms with van der Waals surface area (Å²) in [6, 6.07) is 11.4. The summed E-state index contributed by atoms with van der Waals surface area (Å²) in [6.07, 6.45) is 0. The van der Waals surface area contributed by atoms with Crippen LogP contribution in [0, 0.1) is 20.2 Å². The van der Waals surface area contributed by atoms with E-state index in [-0.39, 0.29) is 22.3 Å². The summed E-state index contributed by atoms with van der Waals surface area (Å²) in [4.78, 5) is 48.6. The third-order valence-corrected chi connectivity index (χ3v) is 4.63. The number of aromatic nitrogens is 1. The van der Waals surface area contributed by atoms with E-state index >= 15 is 0 Å². The molecule has 0 unspecified atom stereocenters. The first-order valence-corrected chi connectivity index (χ1v) is 9.73. The number of anilines is 1. The molecule has 0 aliphatic rings. The van der Waals surface area contributed by atoms with Crippen LogP contribution in [0.15, 0.2) is 53.9 Å². The van der Waals surface area contributed by atoms with Crippen LogP contribution in [0.25, 0.3) is 11.3 Å². The third kappa shape index (κ3) is 5.82. The van der Waals surface area contributed by atoms with Crippen LogP contribution in [0.3, 0.4) is 0 Å². The number of nitrogens with zero attached hydrogens (tertiary/aromatic N) is 3. The highest BCUT2D eigenvalue weighted by Gasteiger charge is 2.16. The number of amides is 1. The number of para-hydroxylation sites is 2. The van der Waals surface area contributed by atoms with E-state index in [9.17, 15) is 29.8 Å². The maximum atomic E-state index is 12.0. The smallest absolute Gasteiger partial charge is 0.344 e. The lowest BCUT2D eigenvalue weighted by Gasteiger charge is -2.07. The highest BCUT2D eigenvalue weighted by atomic mass is 32.1. The van der Waals surface area contributed by atoms with E-state index in [4.69, 9.17) is 9.47 Å². The largest absolute Gasteiger partial charge is 0.475 e. The summed E-state index contributed by atoms with van der Waals surface area (Å²) in [5.74, 6) is -1.66. The monoisotopic (exact) mass is 458 g/mol. The highest BCUT2D eigenvalue weighted by molar-refractivity contribution is 7.14. The van der Waals surface area contributed by atoms with Crippen LogP contribution in [-0.2, 0) is 14.3 Å². The fraction of sp³-hybridized carbons (Fsp3) is 0.105. The second-order valence-corrected chi connectivity index (χ2v) is 6.93. The lowest BCUT2D eigenvalue weighted by atomic mass is 10.1. The molecule has 0 aliphatic heterocycles. The summed E-state index contributed by atoms with van der Waals surface area (Å²) in [7, 11) is 0. The van der Waals surface area contributed by atoms with Gasteiger partial charge in [0.15, 0.2) is 24.1 Å². The molecule has 0 radical (unpaired) electrons. The van der Waals surface area contributed by atoms with E-state index in [1.165, 1.54) is 42.5 Å². The van der Waals surface area contributed by atoms with Gasteiger partial charge in [-0.15, -0.1) is 11.3 Å². The number of carbonyl (C=O) groups excluding carboxylic acids is 2. The molecule has 0 saturated heterocycles. The lowest BCUT2D eigenvalue weighted by Crippen LogP contribution is -2.23. The minimum absolute atomic E-state index is 0.0870. The maximum Gasteiger partial charge on any atom is 0.344 e. The Morgan fingerprint density at radius 3 is 2.56 bits per heavy atom. The van der Waals surface area contributed by atoms with Crippen molar-refractivity contribution in [1.82, 2.24) is 4.98 Å². The number of nitrogens with one attached hydrogen (secondary N) is 1. The number of benzene rings is 2. The lowest BCUT2D eigenvalue weighted by molar-refractivity contribution is -0.385. The number of nitro benzene ring substituents is 2. The van der Waals surface area contributed by atoms with E-state index in [0.29, 0.717) is 11.3 Å². The molecule has 32 heavy (non-hydrogen) atoms. The molecule has 12 nitrogen and oxygen atoms in total. The van der Waals surface area contributed by atoms with Crippen molar-refractivity contribution in [2.24, 2.45) is 0 Å². The van der Waals surface area contributed by atoms with Crippen molar-refractivity contribution in [3.63, 3.8) is 0 Å². The average Bonchev–Trinajstić information content (AvgIpc) is 3.25. The van der Waals surface area contributed by atoms with Gasteiger partial charge in [-0.05, 0) is 6.07 Å². The van der Waals surface area contributed by atoms with Gasteiger partial charge in [-0.3, -0.25) is 30.3 Å². The molecule has 0 aliphatic carbocycles. The molecule has 0 saturated carbocycles. The Morgan fingerprint density at radius 2 is 1.81 bits per heavy atom. The number of rotatable bonds is 9. The maximum absolute atomic E-state index is 12.0. The topological polar surface area (TPSA) is 164 Å². The van der Waals surface area contributed by atoms with Crippen molar-refractivity contribution in [3.05, 3.63) is 74.1 Å². The Balaban J connectivity index is 1.49. The number of non-ortho nitro benzene ring substituents is 1. The molecule has 1 N–H and O–H groups in total. The summed E-state index contributed by atoms with van der Waals surface area (Å²) in [5.41, 5.74) is 0.552. The normalized spacial score (nSPS) is 10.2. The third-order valence-electron chi connectivity index (χ3n) is 3.87. The number of nitro groups is 2. The zero-order chi connectivity index (χ0) is 23.1. The molecule has 0 atom stereocenters. The Hall–Kier alpha value is -4.39. The van der Waals surface area contributed by atoms with Crippen LogP contribution in [-0.4, -0.2) is 39.9 Å². The highest BCUT2D eigenvalue weighted by Crippen LogP contribution is 2.27. The molecule has 2 aromatic carbocycles. The number of hydrogen-bond acceptors (Lipinski definition) is 10. The standard InChI is InChI=1S/C19H14N4O8S/c24-17(9-31-18(25)10-30-16-7-2-1-6-15(16)23(28)29)21-19-20-14(11-32-19)12-4-3-5-13(8-12)22(26)27/h1-8,11H,9-10H2,(H,20,21,24). The molecular weight excluding hydrogens is 444 g/mol. The van der Waals surface area contributed by atoms with Crippen molar-refractivity contribution >= 4 is 39.7 Å². The van der Waals surface area contributed by atoms with Gasteiger partial charge in [-0.2, -0.15) is 0 Å². The molecule has 13 heteroatoms. The van der Waals surface area contributed by atoms with Crippen molar-refractivity contribution < 1.29 is 28.9 Å². The van der Waals surface area contributed by atoms with E-state index < -0.39 is 34.9 Å². The van der Waals surface area contributed by atoms with Gasteiger partial charge >= 0.3 is 11.7 Å². The minimum Gasteiger partial charge on any atom is -0.475 e. The van der Waals surface area contributed by atoms with Gasteiger partial charge < -0.3 is 9.47 Å². The summed E-state index contributed by atoms with van der Waals surface area (Å²) in [5, 5.41) is 26.1. The van der Waals surface area contributed by atoms with Gasteiger partial charge in [0.25, 0.3) is 11.6 Å². The van der Waals surface area contributed by atoms with Gasteiger partial charge in [0, 0.05) is 29.1 Å². The molecule has 0 spiro atoms. The summed E-state index contributed by atoms with van der Waals surface area (Å²) >= 11 is 1.09. The van der Waals surface area contributed by atoms with Crippen LogP contribution >= 0.6 is 11.3 Å². The van der Waals surface area contributed by atoms with E-state index in [1.807, 2.05) is 0 Å². The molecule has 1 aromatic heterocycles. The molecule has 3 rings (SSSR count). The molecule has 0 fully saturated rings. The number of carbonyl (C=O) groups is 2. The van der Waals surface area contributed by atoms with Gasteiger partial charge in [-0.1, -0.05) is 24.3 Å². The first-order chi connectivity index (χ1) is 15.3. The summed E-state index contributed by atoms with van der Waals surface area (Å²) < 4.78 is 9.87. The van der Waals surface area contributed by atoms with Crippen LogP contribution in [0.5, 0.6) is 5.75 Å².